The molecule has 2 N–H and O–H groups in total. The van der Waals surface area contributed by atoms with Crippen LogP contribution in [0.2, 0.25) is 5.02 Å². The van der Waals surface area contributed by atoms with Gasteiger partial charge < -0.3 is 10.4 Å². The highest BCUT2D eigenvalue weighted by molar-refractivity contribution is 6.30. The van der Waals surface area contributed by atoms with Crippen molar-refractivity contribution in [1.29, 1.82) is 0 Å². The van der Waals surface area contributed by atoms with E-state index in [4.69, 9.17) is 11.6 Å². The second-order valence-corrected chi connectivity index (χ2v) is 6.27. The van der Waals surface area contributed by atoms with Crippen molar-refractivity contribution < 1.29 is 5.11 Å². The van der Waals surface area contributed by atoms with Gasteiger partial charge in [0.25, 0.3) is 11.4 Å². The summed E-state index contributed by atoms with van der Waals surface area (Å²) in [6, 6.07) is 12.9. The van der Waals surface area contributed by atoms with Crippen molar-refractivity contribution in [2.75, 3.05) is 5.32 Å². The molecule has 0 fully saturated rings. The molecule has 0 bridgehead atoms. The van der Waals surface area contributed by atoms with E-state index < -0.39 is 0 Å². The molecule has 0 radical (unpaired) electrons. The molecule has 0 unspecified atom stereocenters. The zero-order valence-corrected chi connectivity index (χ0v) is 13.6. The summed E-state index contributed by atoms with van der Waals surface area (Å²) in [5.74, 6) is -0.211. The van der Waals surface area contributed by atoms with Gasteiger partial charge in [0.1, 0.15) is 5.69 Å². The number of anilines is 2. The molecule has 6 heteroatoms. The molecule has 0 amide bonds. The van der Waals surface area contributed by atoms with Crippen LogP contribution in [0.1, 0.15) is 16.7 Å². The van der Waals surface area contributed by atoms with Gasteiger partial charge in [-0.2, -0.15) is 4.68 Å². The molecule has 1 aliphatic rings. The Morgan fingerprint density at radius 3 is 2.88 bits per heavy atom. The van der Waals surface area contributed by atoms with Crippen LogP contribution >= 0.6 is 11.6 Å². The number of fused-ring (bicyclic) bond motifs is 2. The Bertz CT molecular complexity index is 1030. The predicted molar refractivity (Wildman–Crippen MR) is 93.8 cm³/mol. The van der Waals surface area contributed by atoms with Crippen LogP contribution in [0.4, 0.5) is 11.4 Å². The largest absolute Gasteiger partial charge is 0.491 e. The topological polar surface area (TPSA) is 67.1 Å². The van der Waals surface area contributed by atoms with E-state index in [1.165, 1.54) is 4.68 Å². The molecule has 0 atom stereocenters. The molecule has 2 heterocycles. The third-order valence-electron chi connectivity index (χ3n) is 4.12. The van der Waals surface area contributed by atoms with E-state index >= 15 is 0 Å². The van der Waals surface area contributed by atoms with Crippen molar-refractivity contribution in [3.63, 3.8) is 0 Å². The summed E-state index contributed by atoms with van der Waals surface area (Å²) < 4.78 is 1.24. The van der Waals surface area contributed by atoms with Crippen molar-refractivity contribution in [3.8, 4) is 11.6 Å². The first-order chi connectivity index (χ1) is 11.5. The number of nitrogens with one attached hydrogen (secondary N) is 1. The number of aromatic hydroxyl groups is 1. The van der Waals surface area contributed by atoms with Gasteiger partial charge in [-0.15, -0.1) is 5.10 Å². The molecule has 1 aliphatic heterocycles. The lowest BCUT2D eigenvalue weighted by atomic mass is 9.99. The first-order valence-electron chi connectivity index (χ1n) is 7.50. The second-order valence-electron chi connectivity index (χ2n) is 5.84. The summed E-state index contributed by atoms with van der Waals surface area (Å²) in [4.78, 5) is 12.9. The van der Waals surface area contributed by atoms with Gasteiger partial charge in [-0.25, -0.2) is 0 Å². The lowest BCUT2D eigenvalue weighted by Gasteiger charge is -2.22. The fourth-order valence-corrected chi connectivity index (χ4v) is 3.11. The maximum Gasteiger partial charge on any atom is 0.277 e. The zero-order chi connectivity index (χ0) is 16.8. The maximum absolute atomic E-state index is 12.9. The SMILES string of the molecule is Cc1cccc(-n2nc(O)c3c(c2=O)Cc2ccc(Cl)cc2N3)c1. The second kappa shape index (κ2) is 5.39. The molecule has 0 spiro atoms. The Morgan fingerprint density at radius 1 is 1.25 bits per heavy atom. The average Bonchev–Trinajstić information content (AvgIpc) is 2.56. The van der Waals surface area contributed by atoms with Gasteiger partial charge in [0.2, 0.25) is 0 Å². The molecule has 1 aromatic heterocycles. The highest BCUT2D eigenvalue weighted by Crippen LogP contribution is 2.36. The van der Waals surface area contributed by atoms with Crippen molar-refractivity contribution in [3.05, 3.63) is 74.5 Å². The molecule has 24 heavy (non-hydrogen) atoms. The minimum absolute atomic E-state index is 0.211. The molecule has 4 rings (SSSR count). The molecule has 0 saturated carbocycles. The third-order valence-corrected chi connectivity index (χ3v) is 4.35. The smallest absolute Gasteiger partial charge is 0.277 e. The summed E-state index contributed by atoms with van der Waals surface area (Å²) in [6.07, 6.45) is 0.412. The minimum Gasteiger partial charge on any atom is -0.491 e. The Morgan fingerprint density at radius 2 is 2.08 bits per heavy atom. The minimum atomic E-state index is -0.249. The van der Waals surface area contributed by atoms with E-state index in [2.05, 4.69) is 10.4 Å². The fraction of sp³-hybridized carbons (Fsp3) is 0.111. The van der Waals surface area contributed by atoms with Crippen LogP contribution in [0.5, 0.6) is 5.88 Å². The van der Waals surface area contributed by atoms with E-state index in [1.807, 2.05) is 31.2 Å². The van der Waals surface area contributed by atoms with Crippen molar-refractivity contribution in [2.45, 2.75) is 13.3 Å². The standard InChI is InChI=1S/C18H14ClN3O2/c1-10-3-2-4-13(7-10)22-18(24)14-8-11-5-6-12(19)9-15(11)20-16(14)17(23)21-22/h2-7,9,20H,8H2,1H3,(H,21,23). The predicted octanol–water partition coefficient (Wildman–Crippen LogP) is 3.55. The van der Waals surface area contributed by atoms with Crippen LogP contribution in [-0.4, -0.2) is 14.9 Å². The first-order valence-corrected chi connectivity index (χ1v) is 7.88. The number of hydrogen-bond donors (Lipinski definition) is 2. The van der Waals surface area contributed by atoms with E-state index in [0.717, 1.165) is 16.8 Å². The molecular formula is C18H14ClN3O2. The number of halogens is 1. The van der Waals surface area contributed by atoms with Gasteiger partial charge in [-0.1, -0.05) is 29.8 Å². The van der Waals surface area contributed by atoms with E-state index in [-0.39, 0.29) is 11.4 Å². The monoisotopic (exact) mass is 339 g/mol. The highest BCUT2D eigenvalue weighted by Gasteiger charge is 2.24. The quantitative estimate of drug-likeness (QED) is 0.556. The molecule has 3 aromatic rings. The van der Waals surface area contributed by atoms with Gasteiger partial charge in [0, 0.05) is 17.1 Å². The fourth-order valence-electron chi connectivity index (χ4n) is 2.93. The van der Waals surface area contributed by atoms with Gasteiger partial charge in [-0.05, 0) is 42.3 Å². The van der Waals surface area contributed by atoms with Crippen LogP contribution in [0, 0.1) is 6.92 Å². The highest BCUT2D eigenvalue weighted by atomic mass is 35.5. The summed E-state index contributed by atoms with van der Waals surface area (Å²) in [5, 5.41) is 18.0. The lowest BCUT2D eigenvalue weighted by molar-refractivity contribution is 0.437. The number of benzene rings is 2. The normalized spacial score (nSPS) is 12.2. The van der Waals surface area contributed by atoms with Gasteiger partial charge in [0.05, 0.1) is 11.3 Å². The lowest BCUT2D eigenvalue weighted by Crippen LogP contribution is -2.28. The summed E-state index contributed by atoms with van der Waals surface area (Å²) in [6.45, 7) is 1.94. The van der Waals surface area contributed by atoms with Gasteiger partial charge in [0.15, 0.2) is 0 Å². The Hall–Kier alpha value is -2.79. The van der Waals surface area contributed by atoms with E-state index in [1.54, 1.807) is 18.2 Å². The van der Waals surface area contributed by atoms with Crippen LogP contribution in [0.25, 0.3) is 5.69 Å². The van der Waals surface area contributed by atoms with Crippen LogP contribution < -0.4 is 10.9 Å². The summed E-state index contributed by atoms with van der Waals surface area (Å²) in [7, 11) is 0. The Labute approximate surface area is 143 Å². The van der Waals surface area contributed by atoms with Crippen LogP contribution in [0.15, 0.2) is 47.3 Å². The number of hydrogen-bond acceptors (Lipinski definition) is 4. The zero-order valence-electron chi connectivity index (χ0n) is 12.9. The van der Waals surface area contributed by atoms with Crippen LogP contribution in [-0.2, 0) is 6.42 Å². The molecule has 0 saturated heterocycles. The number of aryl methyl sites for hydroxylation is 1. The molecule has 120 valence electrons. The van der Waals surface area contributed by atoms with Crippen LogP contribution in [0.3, 0.4) is 0 Å². The van der Waals surface area contributed by atoms with Crippen molar-refractivity contribution in [1.82, 2.24) is 9.78 Å². The number of aromatic nitrogens is 2. The van der Waals surface area contributed by atoms with E-state index in [0.29, 0.717) is 28.4 Å². The van der Waals surface area contributed by atoms with Gasteiger partial charge in [-0.3, -0.25) is 4.79 Å². The van der Waals surface area contributed by atoms with Crippen molar-refractivity contribution >= 4 is 23.0 Å². The third kappa shape index (κ3) is 2.34. The number of nitrogens with zero attached hydrogens (tertiary/aromatic N) is 2. The molecule has 5 nitrogen and oxygen atoms in total. The average molecular weight is 340 g/mol. The maximum atomic E-state index is 12.9. The first kappa shape index (κ1) is 14.8. The van der Waals surface area contributed by atoms with Crippen molar-refractivity contribution in [2.24, 2.45) is 0 Å². The molecular weight excluding hydrogens is 326 g/mol. The number of rotatable bonds is 1. The Kier molecular flexibility index (Phi) is 3.32. The Balaban J connectivity index is 1.90. The molecule has 2 aromatic carbocycles. The summed E-state index contributed by atoms with van der Waals surface area (Å²) in [5.41, 5.74) is 3.95. The summed E-state index contributed by atoms with van der Waals surface area (Å²) >= 11 is 6.01. The molecule has 0 aliphatic carbocycles. The van der Waals surface area contributed by atoms with Gasteiger partial charge >= 0.3 is 0 Å². The van der Waals surface area contributed by atoms with E-state index in [9.17, 15) is 9.90 Å².